The normalized spacial score (nSPS) is 17.6. The minimum Gasteiger partial charge on any atom is -0.478 e. The van der Waals surface area contributed by atoms with Gasteiger partial charge in [0.2, 0.25) is 17.7 Å². The molecule has 1 aliphatic heterocycles. The molecule has 0 spiro atoms. The van der Waals surface area contributed by atoms with Crippen LogP contribution < -0.4 is 10.6 Å². The molecule has 1 aliphatic carbocycles. The summed E-state index contributed by atoms with van der Waals surface area (Å²) >= 11 is 0. The van der Waals surface area contributed by atoms with E-state index in [-0.39, 0.29) is 49.5 Å². The zero-order chi connectivity index (χ0) is 28.5. The lowest BCUT2D eigenvalue weighted by Crippen LogP contribution is -2.53. The zero-order valence-corrected chi connectivity index (χ0v) is 23.2. The molecule has 0 radical (unpaired) electrons. The summed E-state index contributed by atoms with van der Waals surface area (Å²) in [5.74, 6) is -1.87. The number of rotatable bonds is 11. The molecule has 3 N–H and O–H groups in total. The summed E-state index contributed by atoms with van der Waals surface area (Å²) in [7, 11) is 0. The quantitative estimate of drug-likeness (QED) is 0.371. The highest BCUT2D eigenvalue weighted by atomic mass is 16.4. The Morgan fingerprint density at radius 3 is 2.40 bits per heavy atom. The molecule has 9 nitrogen and oxygen atoms in total. The van der Waals surface area contributed by atoms with E-state index in [4.69, 9.17) is 5.11 Å². The van der Waals surface area contributed by atoms with Gasteiger partial charge in [-0.05, 0) is 48.9 Å². The van der Waals surface area contributed by atoms with Crippen molar-refractivity contribution in [3.63, 3.8) is 0 Å². The molecule has 1 atom stereocenters. The Labute approximate surface area is 235 Å². The summed E-state index contributed by atoms with van der Waals surface area (Å²) in [6.07, 6.45) is 7.63. The second kappa shape index (κ2) is 14.1. The molecular weight excluding hydrogens is 508 g/mol. The van der Waals surface area contributed by atoms with E-state index >= 15 is 0 Å². The van der Waals surface area contributed by atoms with Crippen LogP contribution in [0.4, 0.5) is 0 Å². The first-order valence-electron chi connectivity index (χ1n) is 14.3. The van der Waals surface area contributed by atoms with Crippen molar-refractivity contribution in [1.29, 1.82) is 0 Å². The van der Waals surface area contributed by atoms with Crippen molar-refractivity contribution >= 4 is 34.5 Å². The fraction of sp³-hybridized carbons (Fsp3) is 0.484. The van der Waals surface area contributed by atoms with Gasteiger partial charge < -0.3 is 20.6 Å². The molecule has 0 aromatic heterocycles. The van der Waals surface area contributed by atoms with E-state index in [0.717, 1.165) is 57.7 Å². The summed E-state index contributed by atoms with van der Waals surface area (Å²) < 4.78 is 0. The van der Waals surface area contributed by atoms with Gasteiger partial charge in [0.05, 0.1) is 13.1 Å². The van der Waals surface area contributed by atoms with Gasteiger partial charge in [-0.15, -0.1) is 0 Å². The van der Waals surface area contributed by atoms with Gasteiger partial charge in [0, 0.05) is 43.7 Å². The molecule has 2 aromatic carbocycles. The first kappa shape index (κ1) is 29.3. The van der Waals surface area contributed by atoms with E-state index in [0.29, 0.717) is 0 Å². The number of carbonyl (C=O) groups excluding carboxylic acids is 3. The summed E-state index contributed by atoms with van der Waals surface area (Å²) in [6, 6.07) is 15.1. The number of benzene rings is 2. The van der Waals surface area contributed by atoms with E-state index in [9.17, 15) is 19.2 Å². The van der Waals surface area contributed by atoms with Crippen LogP contribution in [0.2, 0.25) is 0 Å². The minimum absolute atomic E-state index is 0.0233. The predicted molar refractivity (Wildman–Crippen MR) is 153 cm³/mol. The highest BCUT2D eigenvalue weighted by molar-refractivity contribution is 5.89. The van der Waals surface area contributed by atoms with Gasteiger partial charge in [0.1, 0.15) is 0 Å². The Hall–Kier alpha value is -3.72. The van der Waals surface area contributed by atoms with Crippen LogP contribution in [-0.2, 0) is 19.2 Å². The highest BCUT2D eigenvalue weighted by Gasteiger charge is 2.35. The number of nitrogens with zero attached hydrogens (tertiary/aromatic N) is 2. The number of amides is 3. The largest absolute Gasteiger partial charge is 0.478 e. The Morgan fingerprint density at radius 1 is 0.975 bits per heavy atom. The Kier molecular flexibility index (Phi) is 10.3. The fourth-order valence-electron chi connectivity index (χ4n) is 5.97. The number of nitrogens with one attached hydrogen (secondary N) is 2. The van der Waals surface area contributed by atoms with Crippen molar-refractivity contribution in [2.45, 2.75) is 57.5 Å². The van der Waals surface area contributed by atoms with Crippen molar-refractivity contribution in [3.05, 3.63) is 60.2 Å². The average molecular weight is 549 g/mol. The summed E-state index contributed by atoms with van der Waals surface area (Å²) in [6.45, 7) is 3.66. The van der Waals surface area contributed by atoms with Crippen LogP contribution >= 0.6 is 0 Å². The molecule has 9 heteroatoms. The Balaban J connectivity index is 1.35. The molecule has 1 heterocycles. The standard InChI is InChI=1S/C31H40N4O5/c1-22(26-13-6-11-23-8-4-5-12-27(23)26)34-18-15-25(16-19-34)35(31(40)24-9-2-3-10-24)21-29(37)33-20-28(36)32-17-7-14-30(38)39/h4-8,11-14,22,24-25H,2-3,9-10,15-21H2,1H3,(H,32,36)(H,33,37)(H,38,39)/b14-7+. The maximum atomic E-state index is 13.5. The van der Waals surface area contributed by atoms with E-state index < -0.39 is 11.9 Å². The highest BCUT2D eigenvalue weighted by Crippen LogP contribution is 2.32. The number of fused-ring (bicyclic) bond motifs is 1. The third-order valence-corrected chi connectivity index (χ3v) is 8.19. The molecule has 1 saturated carbocycles. The lowest BCUT2D eigenvalue weighted by Gasteiger charge is -2.41. The molecule has 2 fully saturated rings. The van der Waals surface area contributed by atoms with E-state index in [1.54, 1.807) is 4.90 Å². The van der Waals surface area contributed by atoms with Crippen molar-refractivity contribution in [3.8, 4) is 0 Å². The van der Waals surface area contributed by atoms with E-state index in [2.05, 4.69) is 64.9 Å². The molecule has 0 bridgehead atoms. The fourth-order valence-corrected chi connectivity index (χ4v) is 5.97. The molecular formula is C31H40N4O5. The van der Waals surface area contributed by atoms with Gasteiger partial charge >= 0.3 is 5.97 Å². The average Bonchev–Trinajstić information content (AvgIpc) is 3.51. The molecule has 3 amide bonds. The second-order valence-electron chi connectivity index (χ2n) is 10.8. The first-order chi connectivity index (χ1) is 19.3. The summed E-state index contributed by atoms with van der Waals surface area (Å²) in [4.78, 5) is 53.1. The van der Waals surface area contributed by atoms with Crippen molar-refractivity contribution < 1.29 is 24.3 Å². The van der Waals surface area contributed by atoms with Crippen LogP contribution in [0, 0.1) is 5.92 Å². The van der Waals surface area contributed by atoms with Crippen LogP contribution in [0.25, 0.3) is 10.8 Å². The molecule has 40 heavy (non-hydrogen) atoms. The number of aliphatic carboxylic acids is 1. The van der Waals surface area contributed by atoms with Gasteiger partial charge in [-0.3, -0.25) is 19.3 Å². The number of likely N-dealkylation sites (tertiary alicyclic amines) is 1. The van der Waals surface area contributed by atoms with E-state index in [1.165, 1.54) is 22.4 Å². The summed E-state index contributed by atoms with van der Waals surface area (Å²) in [5.41, 5.74) is 1.30. The summed E-state index contributed by atoms with van der Waals surface area (Å²) in [5, 5.41) is 16.2. The topological polar surface area (TPSA) is 119 Å². The number of piperidine rings is 1. The number of carbonyl (C=O) groups is 4. The van der Waals surface area contributed by atoms with Gasteiger partial charge in [-0.2, -0.15) is 0 Å². The zero-order valence-electron chi connectivity index (χ0n) is 23.2. The van der Waals surface area contributed by atoms with Crippen molar-refractivity contribution in [2.75, 3.05) is 32.7 Å². The van der Waals surface area contributed by atoms with Gasteiger partial charge in [0.15, 0.2) is 0 Å². The maximum Gasteiger partial charge on any atom is 0.328 e. The first-order valence-corrected chi connectivity index (χ1v) is 14.3. The van der Waals surface area contributed by atoms with Crippen LogP contribution in [-0.4, -0.2) is 77.4 Å². The lowest BCUT2D eigenvalue weighted by molar-refractivity contribution is -0.143. The lowest BCUT2D eigenvalue weighted by atomic mass is 9.95. The molecule has 2 aliphatic rings. The molecule has 214 valence electrons. The van der Waals surface area contributed by atoms with Gasteiger partial charge in [-0.1, -0.05) is 61.4 Å². The number of carboxylic acids is 1. The third kappa shape index (κ3) is 7.69. The molecule has 1 unspecified atom stereocenters. The Bertz CT molecular complexity index is 1230. The van der Waals surface area contributed by atoms with Crippen LogP contribution in [0.15, 0.2) is 54.6 Å². The Morgan fingerprint density at radius 2 is 1.68 bits per heavy atom. The van der Waals surface area contributed by atoms with Crippen molar-refractivity contribution in [2.24, 2.45) is 5.92 Å². The van der Waals surface area contributed by atoms with Crippen molar-refractivity contribution in [1.82, 2.24) is 20.4 Å². The minimum atomic E-state index is -1.09. The predicted octanol–water partition coefficient (Wildman–Crippen LogP) is 3.26. The third-order valence-electron chi connectivity index (χ3n) is 8.19. The molecule has 2 aromatic rings. The monoisotopic (exact) mass is 548 g/mol. The molecule has 4 rings (SSSR count). The number of carboxylic acid groups (broad SMARTS) is 1. The van der Waals surface area contributed by atoms with Crippen LogP contribution in [0.5, 0.6) is 0 Å². The van der Waals surface area contributed by atoms with E-state index in [1.807, 2.05) is 0 Å². The smallest absolute Gasteiger partial charge is 0.328 e. The molecule has 1 saturated heterocycles. The van der Waals surface area contributed by atoms with Crippen LogP contribution in [0.3, 0.4) is 0 Å². The van der Waals surface area contributed by atoms with Crippen LogP contribution in [0.1, 0.15) is 57.1 Å². The maximum absolute atomic E-state index is 13.5. The van der Waals surface area contributed by atoms with Gasteiger partial charge in [0.25, 0.3) is 0 Å². The number of hydrogen-bond acceptors (Lipinski definition) is 5. The van der Waals surface area contributed by atoms with Gasteiger partial charge in [-0.25, -0.2) is 4.79 Å². The second-order valence-corrected chi connectivity index (χ2v) is 10.8. The number of hydrogen-bond donors (Lipinski definition) is 3. The SMILES string of the molecule is CC(c1cccc2ccccc12)N1CCC(N(CC(=O)NCC(=O)NC/C=C/C(=O)O)C(=O)C2CCCC2)CC1.